The zero-order valence-electron chi connectivity index (χ0n) is 33.2. The summed E-state index contributed by atoms with van der Waals surface area (Å²) in [4.78, 5) is 28.5. The maximum absolute atomic E-state index is 14.3. The Bertz CT molecular complexity index is 1920. The molecule has 4 fully saturated rings. The van der Waals surface area contributed by atoms with Crippen LogP contribution < -0.4 is 4.72 Å². The first-order chi connectivity index (χ1) is 26.4. The van der Waals surface area contributed by atoms with E-state index in [-0.39, 0.29) is 30.7 Å². The topological polar surface area (TPSA) is 167 Å². The number of hydrogen-bond donors (Lipinski definition) is 3. The summed E-state index contributed by atoms with van der Waals surface area (Å²) in [6.07, 6.45) is 11.1. The second-order valence-corrected chi connectivity index (χ2v) is 19.0. The summed E-state index contributed by atoms with van der Waals surface area (Å²) in [5, 5.41) is 23.5. The number of carbonyl (C=O) groups excluding carboxylic acids is 2. The number of esters is 2. The van der Waals surface area contributed by atoms with E-state index in [2.05, 4.69) is 11.6 Å². The number of rotatable bonds is 5. The molecule has 6 aliphatic rings. The molecule has 0 unspecified atom stereocenters. The SMILES string of the molecule is CC1=C[C@H]2C(=O)O[C@H]3C[C@@H](C/C=C(\C)[C@H](OC(=O)C4(c5ccc(NS(C)(=O)=O)cc5)CCC4)[C@@H](C)/C=C/C=C4\CO[C@H]([C@@H]1O)[C@@]42O)O[C@@]1(CC[C@H](C)[C@@H](C)O1)C3. The number of aliphatic hydroxyl groups is 2. The molecule has 3 saturated heterocycles. The Kier molecular flexibility index (Phi) is 11.3. The third-order valence-electron chi connectivity index (χ3n) is 13.1. The van der Waals surface area contributed by atoms with Gasteiger partial charge < -0.3 is 33.9 Å². The highest BCUT2D eigenvalue weighted by Crippen LogP contribution is 2.48. The number of sulfonamides is 1. The van der Waals surface area contributed by atoms with Crippen LogP contribution in [0, 0.1) is 17.8 Å². The van der Waals surface area contributed by atoms with Gasteiger partial charge in [-0.05, 0) is 86.8 Å². The van der Waals surface area contributed by atoms with Crippen molar-refractivity contribution in [2.45, 2.75) is 139 Å². The lowest BCUT2D eigenvalue weighted by Gasteiger charge is -2.49. The lowest BCUT2D eigenvalue weighted by Crippen LogP contribution is -2.58. The largest absolute Gasteiger partial charge is 0.462 e. The molecule has 2 bridgehead atoms. The molecule has 2 aliphatic carbocycles. The zero-order valence-corrected chi connectivity index (χ0v) is 34.0. The minimum Gasteiger partial charge on any atom is -0.462 e. The average Bonchev–Trinajstić information content (AvgIpc) is 3.45. The van der Waals surface area contributed by atoms with Crippen LogP contribution in [0.3, 0.4) is 0 Å². The molecular weight excluding hydrogens is 739 g/mol. The Hall–Kier alpha value is -3.33. The molecule has 7 rings (SSSR count). The van der Waals surface area contributed by atoms with E-state index in [1.54, 1.807) is 49.4 Å². The van der Waals surface area contributed by atoms with Gasteiger partial charge in [-0.3, -0.25) is 14.3 Å². The summed E-state index contributed by atoms with van der Waals surface area (Å²) in [5.41, 5.74) is 0.264. The monoisotopic (exact) mass is 795 g/mol. The van der Waals surface area contributed by atoms with E-state index in [1.807, 2.05) is 32.9 Å². The number of fused-ring (bicyclic) bond motifs is 2. The zero-order chi connectivity index (χ0) is 40.2. The summed E-state index contributed by atoms with van der Waals surface area (Å²) in [7, 11) is -3.46. The van der Waals surface area contributed by atoms with Crippen LogP contribution in [0.1, 0.15) is 91.5 Å². The van der Waals surface area contributed by atoms with Crippen molar-refractivity contribution >= 4 is 27.6 Å². The molecule has 0 radical (unpaired) electrons. The first kappa shape index (κ1) is 40.9. The molecule has 306 valence electrons. The van der Waals surface area contributed by atoms with E-state index >= 15 is 0 Å². The van der Waals surface area contributed by atoms with Crippen LogP contribution in [0.5, 0.6) is 0 Å². The highest BCUT2D eigenvalue weighted by molar-refractivity contribution is 7.92. The van der Waals surface area contributed by atoms with E-state index in [9.17, 15) is 28.2 Å². The molecule has 56 heavy (non-hydrogen) atoms. The van der Waals surface area contributed by atoms with E-state index in [4.69, 9.17) is 23.7 Å². The molecule has 4 aliphatic heterocycles. The molecule has 0 amide bonds. The second kappa shape index (κ2) is 15.4. The number of benzene rings is 1. The van der Waals surface area contributed by atoms with E-state index in [0.29, 0.717) is 61.3 Å². The molecular formula is C43H57NO11S. The normalized spacial score (nSPS) is 41.0. The fraction of sp³-hybridized carbons (Fsp3) is 0.628. The predicted octanol–water partition coefficient (Wildman–Crippen LogP) is 5.55. The van der Waals surface area contributed by atoms with Gasteiger partial charge in [-0.1, -0.05) is 62.8 Å². The number of carbonyl (C=O) groups is 2. The number of aliphatic hydroxyl groups excluding tert-OH is 1. The van der Waals surface area contributed by atoms with Gasteiger partial charge in [0.1, 0.15) is 35.9 Å². The molecule has 1 aromatic carbocycles. The van der Waals surface area contributed by atoms with Crippen molar-refractivity contribution in [1.82, 2.24) is 0 Å². The Morgan fingerprint density at radius 1 is 1.02 bits per heavy atom. The van der Waals surface area contributed by atoms with Crippen molar-refractivity contribution in [1.29, 1.82) is 0 Å². The van der Waals surface area contributed by atoms with Gasteiger partial charge in [-0.2, -0.15) is 0 Å². The lowest BCUT2D eigenvalue weighted by molar-refractivity contribution is -0.332. The number of anilines is 1. The van der Waals surface area contributed by atoms with Gasteiger partial charge in [0.05, 0.1) is 30.5 Å². The van der Waals surface area contributed by atoms with Crippen LogP contribution >= 0.6 is 0 Å². The highest BCUT2D eigenvalue weighted by Gasteiger charge is 2.60. The van der Waals surface area contributed by atoms with Crippen LogP contribution in [0.2, 0.25) is 0 Å². The first-order valence-corrected chi connectivity index (χ1v) is 21.9. The summed E-state index contributed by atoms with van der Waals surface area (Å²) in [5.74, 6) is -2.98. The van der Waals surface area contributed by atoms with Crippen LogP contribution in [-0.4, -0.2) is 91.4 Å². The summed E-state index contributed by atoms with van der Waals surface area (Å²) < 4.78 is 58.2. The third kappa shape index (κ3) is 7.79. The predicted molar refractivity (Wildman–Crippen MR) is 209 cm³/mol. The summed E-state index contributed by atoms with van der Waals surface area (Å²) >= 11 is 0. The van der Waals surface area contributed by atoms with Gasteiger partial charge in [0.2, 0.25) is 10.0 Å². The van der Waals surface area contributed by atoms with Gasteiger partial charge in [-0.25, -0.2) is 8.42 Å². The van der Waals surface area contributed by atoms with Crippen molar-refractivity contribution in [3.05, 3.63) is 76.9 Å². The van der Waals surface area contributed by atoms with Gasteiger partial charge in [0, 0.05) is 30.9 Å². The second-order valence-electron chi connectivity index (χ2n) is 17.2. The molecule has 0 aromatic heterocycles. The van der Waals surface area contributed by atoms with Crippen LogP contribution in [0.25, 0.3) is 0 Å². The van der Waals surface area contributed by atoms with E-state index in [1.165, 1.54) is 0 Å². The van der Waals surface area contributed by atoms with Crippen LogP contribution in [-0.2, 0) is 48.7 Å². The number of hydrogen-bond acceptors (Lipinski definition) is 11. The molecule has 3 N–H and O–H groups in total. The van der Waals surface area contributed by atoms with Crippen LogP contribution in [0.4, 0.5) is 5.69 Å². The van der Waals surface area contributed by atoms with Crippen molar-refractivity contribution in [2.24, 2.45) is 17.8 Å². The quantitative estimate of drug-likeness (QED) is 0.253. The molecule has 11 atom stereocenters. The third-order valence-corrected chi connectivity index (χ3v) is 13.7. The van der Waals surface area contributed by atoms with E-state index < -0.39 is 63.1 Å². The van der Waals surface area contributed by atoms with Gasteiger partial charge in [0.15, 0.2) is 5.79 Å². The number of allylic oxidation sites excluding steroid dienone is 2. The van der Waals surface area contributed by atoms with E-state index in [0.717, 1.165) is 30.2 Å². The van der Waals surface area contributed by atoms with Gasteiger partial charge >= 0.3 is 11.9 Å². The maximum atomic E-state index is 14.3. The Morgan fingerprint density at radius 3 is 2.41 bits per heavy atom. The van der Waals surface area contributed by atoms with Gasteiger partial charge in [0.25, 0.3) is 0 Å². The summed E-state index contributed by atoms with van der Waals surface area (Å²) in [6, 6.07) is 6.90. The Labute approximate surface area is 330 Å². The van der Waals surface area contributed by atoms with Crippen molar-refractivity contribution < 1.29 is 51.9 Å². The molecule has 1 spiro atoms. The van der Waals surface area contributed by atoms with Crippen molar-refractivity contribution in [3.63, 3.8) is 0 Å². The number of nitrogens with one attached hydrogen (secondary N) is 1. The van der Waals surface area contributed by atoms with Crippen molar-refractivity contribution in [3.8, 4) is 0 Å². The average molecular weight is 796 g/mol. The molecule has 1 saturated carbocycles. The van der Waals surface area contributed by atoms with Crippen LogP contribution in [0.15, 0.2) is 71.4 Å². The smallest absolute Gasteiger partial charge is 0.317 e. The molecule has 1 aromatic rings. The van der Waals surface area contributed by atoms with Gasteiger partial charge in [-0.15, -0.1) is 0 Å². The maximum Gasteiger partial charge on any atom is 0.317 e. The first-order valence-electron chi connectivity index (χ1n) is 20.0. The fourth-order valence-electron chi connectivity index (χ4n) is 9.44. The minimum absolute atomic E-state index is 0.00652. The van der Waals surface area contributed by atoms with Crippen molar-refractivity contribution in [2.75, 3.05) is 17.6 Å². The lowest BCUT2D eigenvalue weighted by atomic mass is 9.64. The minimum atomic E-state index is -3.46. The Balaban J connectivity index is 1.23. The fourth-order valence-corrected chi connectivity index (χ4v) is 10.00. The summed E-state index contributed by atoms with van der Waals surface area (Å²) in [6.45, 7) is 9.83. The standard InChI is InChI=1S/C43H57NO11S/c1-25-17-20-42(54-29(25)5)23-34-22-33(55-42)16-11-27(3)37(53-40(47)41(18-8-19-41)30-12-14-32(15-13-30)44-56(6,49)50)26(2)9-7-10-31-24-51-38-36(45)28(4)21-35(39(46)52-34)43(31,38)48/h7,9-15,21,25-26,29,33-38,44-45,48H,8,16-20,22-24H2,1-6H3/b9-7+,27-11+,31-10+/t25-,26-,29+,33+,34-,35-,36+,37+,38+,42-,43+/m0/s1. The number of ether oxygens (including phenoxy) is 5. The highest BCUT2D eigenvalue weighted by atomic mass is 32.2. The Morgan fingerprint density at radius 2 is 1.75 bits per heavy atom. The molecule has 13 heteroatoms. The molecule has 12 nitrogen and oxygen atoms in total. The molecule has 4 heterocycles.